The zero-order valence-corrected chi connectivity index (χ0v) is 12.4. The Bertz CT molecular complexity index is 336. The molecule has 3 nitrogen and oxygen atoms in total. The summed E-state index contributed by atoms with van der Waals surface area (Å²) in [6.45, 7) is 2.28. The van der Waals surface area contributed by atoms with Gasteiger partial charge < -0.3 is 15.2 Å². The summed E-state index contributed by atoms with van der Waals surface area (Å²) in [6.07, 6.45) is 0.951. The molecule has 0 aliphatic carbocycles. The van der Waals surface area contributed by atoms with Crippen molar-refractivity contribution in [2.75, 3.05) is 38.4 Å². The zero-order valence-electron chi connectivity index (χ0n) is 9.95. The van der Waals surface area contributed by atoms with Crippen LogP contribution in [-0.4, -0.2) is 32.7 Å². The molecule has 0 fully saturated rings. The Morgan fingerprint density at radius 2 is 2.12 bits per heavy atom. The van der Waals surface area contributed by atoms with E-state index in [4.69, 9.17) is 15.2 Å². The fourth-order valence-corrected chi connectivity index (χ4v) is 2.77. The van der Waals surface area contributed by atoms with Gasteiger partial charge in [0.15, 0.2) is 0 Å². The molecule has 0 spiro atoms. The topological polar surface area (TPSA) is 44.5 Å². The molecule has 96 valence electrons. The minimum absolute atomic E-state index is 0.755. The second-order valence-electron chi connectivity index (χ2n) is 3.50. The van der Waals surface area contributed by atoms with E-state index in [0.717, 1.165) is 42.2 Å². The van der Waals surface area contributed by atoms with E-state index in [-0.39, 0.29) is 0 Å². The SMILES string of the molecule is COCCCOCCSc1ccc(N)cc1Br. The van der Waals surface area contributed by atoms with Crippen LogP contribution in [0, 0.1) is 0 Å². The van der Waals surface area contributed by atoms with Gasteiger partial charge in [0.2, 0.25) is 0 Å². The first-order valence-corrected chi connectivity index (χ1v) is 7.26. The number of rotatable bonds is 8. The lowest BCUT2D eigenvalue weighted by Crippen LogP contribution is -2.02. The molecule has 0 heterocycles. The number of methoxy groups -OCH3 is 1. The van der Waals surface area contributed by atoms with Gasteiger partial charge in [0, 0.05) is 41.1 Å². The molecular weight excluding hydrogens is 302 g/mol. The van der Waals surface area contributed by atoms with Crippen LogP contribution in [0.2, 0.25) is 0 Å². The van der Waals surface area contributed by atoms with Gasteiger partial charge in [0.1, 0.15) is 0 Å². The lowest BCUT2D eigenvalue weighted by atomic mass is 10.3. The predicted molar refractivity (Wildman–Crippen MR) is 76.6 cm³/mol. The minimum Gasteiger partial charge on any atom is -0.399 e. The van der Waals surface area contributed by atoms with Crippen LogP contribution in [0.5, 0.6) is 0 Å². The van der Waals surface area contributed by atoms with E-state index in [0.29, 0.717) is 0 Å². The van der Waals surface area contributed by atoms with Crippen molar-refractivity contribution >= 4 is 33.4 Å². The smallest absolute Gasteiger partial charge is 0.0560 e. The van der Waals surface area contributed by atoms with Crippen molar-refractivity contribution in [3.05, 3.63) is 22.7 Å². The standard InChI is InChI=1S/C12H18BrNO2S/c1-15-5-2-6-16-7-8-17-12-4-3-10(14)9-11(12)13/h3-4,9H,2,5-8,14H2,1H3. The van der Waals surface area contributed by atoms with Crippen LogP contribution >= 0.6 is 27.7 Å². The summed E-state index contributed by atoms with van der Waals surface area (Å²) in [4.78, 5) is 1.19. The van der Waals surface area contributed by atoms with Crippen molar-refractivity contribution in [3.8, 4) is 0 Å². The second-order valence-corrected chi connectivity index (χ2v) is 5.49. The van der Waals surface area contributed by atoms with Gasteiger partial charge in [0.25, 0.3) is 0 Å². The maximum Gasteiger partial charge on any atom is 0.0560 e. The zero-order chi connectivity index (χ0) is 12.5. The number of ether oxygens (including phenoxy) is 2. The molecule has 0 aliphatic rings. The number of thioether (sulfide) groups is 1. The Kier molecular flexibility index (Phi) is 7.68. The lowest BCUT2D eigenvalue weighted by molar-refractivity contribution is 0.113. The molecule has 0 saturated heterocycles. The highest BCUT2D eigenvalue weighted by atomic mass is 79.9. The normalized spacial score (nSPS) is 10.7. The van der Waals surface area contributed by atoms with Crippen molar-refractivity contribution in [1.29, 1.82) is 0 Å². The summed E-state index contributed by atoms with van der Waals surface area (Å²) in [7, 11) is 1.70. The Balaban J connectivity index is 2.14. The Hall–Kier alpha value is -0.230. The molecule has 0 amide bonds. The Labute approximate surface area is 115 Å². The molecule has 0 unspecified atom stereocenters. The third-order valence-electron chi connectivity index (χ3n) is 2.08. The molecule has 17 heavy (non-hydrogen) atoms. The number of nitrogen functional groups attached to an aromatic ring is 1. The van der Waals surface area contributed by atoms with Crippen LogP contribution in [0.4, 0.5) is 5.69 Å². The molecule has 0 aliphatic heterocycles. The van der Waals surface area contributed by atoms with Gasteiger partial charge in [-0.25, -0.2) is 0 Å². The molecule has 1 rings (SSSR count). The summed E-state index contributed by atoms with van der Waals surface area (Å²) < 4.78 is 11.5. The first-order valence-electron chi connectivity index (χ1n) is 5.48. The number of benzene rings is 1. The fourth-order valence-electron chi connectivity index (χ4n) is 1.25. The number of hydrogen-bond donors (Lipinski definition) is 1. The summed E-state index contributed by atoms with van der Waals surface area (Å²) in [5.41, 5.74) is 6.45. The predicted octanol–water partition coefficient (Wildman–Crippen LogP) is 3.18. The van der Waals surface area contributed by atoms with Crippen molar-refractivity contribution < 1.29 is 9.47 Å². The van der Waals surface area contributed by atoms with Crippen molar-refractivity contribution in [2.24, 2.45) is 0 Å². The minimum atomic E-state index is 0.755. The molecule has 0 atom stereocenters. The Morgan fingerprint density at radius 1 is 1.29 bits per heavy atom. The number of hydrogen-bond acceptors (Lipinski definition) is 4. The first kappa shape index (κ1) is 14.8. The Morgan fingerprint density at radius 3 is 2.82 bits per heavy atom. The maximum atomic E-state index is 5.67. The molecule has 0 bridgehead atoms. The van der Waals surface area contributed by atoms with Crippen molar-refractivity contribution in [1.82, 2.24) is 0 Å². The summed E-state index contributed by atoms with van der Waals surface area (Å²) in [5, 5.41) is 0. The van der Waals surface area contributed by atoms with Gasteiger partial charge in [-0.2, -0.15) is 0 Å². The highest BCUT2D eigenvalue weighted by molar-refractivity contribution is 9.10. The average molecular weight is 320 g/mol. The quantitative estimate of drug-likeness (QED) is 0.454. The molecule has 0 aromatic heterocycles. The highest BCUT2D eigenvalue weighted by Gasteiger charge is 2.00. The van der Waals surface area contributed by atoms with Gasteiger partial charge in [0.05, 0.1) is 6.61 Å². The molecule has 2 N–H and O–H groups in total. The van der Waals surface area contributed by atoms with E-state index in [1.165, 1.54) is 4.90 Å². The van der Waals surface area contributed by atoms with Gasteiger partial charge in [-0.1, -0.05) is 0 Å². The van der Waals surface area contributed by atoms with Gasteiger partial charge in [-0.05, 0) is 40.5 Å². The van der Waals surface area contributed by atoms with Gasteiger partial charge in [-0.15, -0.1) is 11.8 Å². The van der Waals surface area contributed by atoms with E-state index in [1.54, 1.807) is 18.9 Å². The average Bonchev–Trinajstić information content (AvgIpc) is 2.30. The van der Waals surface area contributed by atoms with Crippen LogP contribution in [0.25, 0.3) is 0 Å². The fraction of sp³-hybridized carbons (Fsp3) is 0.500. The van der Waals surface area contributed by atoms with Crippen LogP contribution in [0.1, 0.15) is 6.42 Å². The molecule has 5 heteroatoms. The van der Waals surface area contributed by atoms with Gasteiger partial charge >= 0.3 is 0 Å². The highest BCUT2D eigenvalue weighted by Crippen LogP contribution is 2.28. The van der Waals surface area contributed by atoms with E-state index < -0.39 is 0 Å². The molecule has 1 aromatic rings. The van der Waals surface area contributed by atoms with Crippen LogP contribution in [0.15, 0.2) is 27.6 Å². The van der Waals surface area contributed by atoms with Crippen LogP contribution < -0.4 is 5.73 Å². The molecule has 1 aromatic carbocycles. The summed E-state index contributed by atoms with van der Waals surface area (Å²) in [5.74, 6) is 0.940. The summed E-state index contributed by atoms with van der Waals surface area (Å²) in [6, 6.07) is 5.85. The van der Waals surface area contributed by atoms with E-state index in [1.807, 2.05) is 18.2 Å². The monoisotopic (exact) mass is 319 g/mol. The van der Waals surface area contributed by atoms with E-state index >= 15 is 0 Å². The molecular formula is C12H18BrNO2S. The number of nitrogens with two attached hydrogens (primary N) is 1. The maximum absolute atomic E-state index is 5.67. The third kappa shape index (κ3) is 6.31. The van der Waals surface area contributed by atoms with Gasteiger partial charge in [-0.3, -0.25) is 0 Å². The lowest BCUT2D eigenvalue weighted by Gasteiger charge is -2.06. The molecule has 0 radical (unpaired) electrons. The number of anilines is 1. The van der Waals surface area contributed by atoms with E-state index in [2.05, 4.69) is 15.9 Å². The largest absolute Gasteiger partial charge is 0.399 e. The van der Waals surface area contributed by atoms with E-state index in [9.17, 15) is 0 Å². The molecule has 0 saturated carbocycles. The first-order chi connectivity index (χ1) is 8.24. The van der Waals surface area contributed by atoms with Crippen molar-refractivity contribution in [3.63, 3.8) is 0 Å². The third-order valence-corrected chi connectivity index (χ3v) is 4.03. The number of halogens is 1. The second kappa shape index (κ2) is 8.80. The van der Waals surface area contributed by atoms with Crippen molar-refractivity contribution in [2.45, 2.75) is 11.3 Å². The van der Waals surface area contributed by atoms with Crippen LogP contribution in [0.3, 0.4) is 0 Å². The van der Waals surface area contributed by atoms with Crippen LogP contribution in [-0.2, 0) is 9.47 Å². The summed E-state index contributed by atoms with van der Waals surface area (Å²) >= 11 is 5.25.